The Morgan fingerprint density at radius 3 is 2.35 bits per heavy atom. The summed E-state index contributed by atoms with van der Waals surface area (Å²) in [7, 11) is 1.56. The van der Waals surface area contributed by atoms with Crippen LogP contribution in [0.5, 0.6) is 5.75 Å². The molecule has 0 unspecified atom stereocenters. The van der Waals surface area contributed by atoms with Crippen LogP contribution in [0.1, 0.15) is 0 Å². The van der Waals surface area contributed by atoms with Crippen molar-refractivity contribution in [3.05, 3.63) is 36.4 Å². The molecule has 0 aliphatic carbocycles. The summed E-state index contributed by atoms with van der Waals surface area (Å²) in [5.74, 6) is 1.58. The molecule has 0 aliphatic heterocycles. The second-order valence-corrected chi connectivity index (χ2v) is 3.53. The van der Waals surface area contributed by atoms with Crippen molar-refractivity contribution in [2.45, 2.75) is 0 Å². The Labute approximate surface area is 99.4 Å². The quantitative estimate of drug-likeness (QED) is 0.702. The summed E-state index contributed by atoms with van der Waals surface area (Å²) in [4.78, 5) is 4.17. The molecule has 0 aliphatic rings. The zero-order valence-electron chi connectivity index (χ0n) is 9.47. The van der Waals surface area contributed by atoms with Crippen molar-refractivity contribution in [1.82, 2.24) is 4.98 Å². The van der Waals surface area contributed by atoms with Crippen LogP contribution in [0.4, 0.5) is 23.0 Å². The maximum Gasteiger partial charge on any atom is 0.168 e. The summed E-state index contributed by atoms with van der Waals surface area (Å²) in [5, 5.41) is 3.12. The molecule has 0 spiro atoms. The number of rotatable bonds is 3. The standard InChI is InChI=1S/C12H14N4O/c1-17-10-6-7-11(16-12(10)14)15-9-4-2-8(13)3-5-9/h2-7H,13H2,1H3,(H3,14,15,16). The number of aromatic nitrogens is 1. The van der Waals surface area contributed by atoms with E-state index in [1.54, 1.807) is 19.2 Å². The first-order valence-electron chi connectivity index (χ1n) is 5.12. The summed E-state index contributed by atoms with van der Waals surface area (Å²) in [6, 6.07) is 10.9. The lowest BCUT2D eigenvalue weighted by molar-refractivity contribution is 0.415. The summed E-state index contributed by atoms with van der Waals surface area (Å²) in [6.07, 6.45) is 0. The first-order chi connectivity index (χ1) is 8.19. The van der Waals surface area contributed by atoms with E-state index in [2.05, 4.69) is 10.3 Å². The van der Waals surface area contributed by atoms with Gasteiger partial charge in [-0.3, -0.25) is 0 Å². The molecule has 88 valence electrons. The summed E-state index contributed by atoms with van der Waals surface area (Å²) < 4.78 is 5.03. The molecule has 0 saturated heterocycles. The van der Waals surface area contributed by atoms with E-state index in [-0.39, 0.29) is 0 Å². The largest absolute Gasteiger partial charge is 0.493 e. The third-order valence-electron chi connectivity index (χ3n) is 2.29. The third-order valence-corrected chi connectivity index (χ3v) is 2.29. The van der Waals surface area contributed by atoms with Crippen LogP contribution in [0, 0.1) is 0 Å². The van der Waals surface area contributed by atoms with E-state index in [9.17, 15) is 0 Å². The minimum atomic E-state index is 0.355. The van der Waals surface area contributed by atoms with Crippen molar-refractivity contribution in [3.63, 3.8) is 0 Å². The molecular formula is C12H14N4O. The van der Waals surface area contributed by atoms with Crippen molar-refractivity contribution in [2.75, 3.05) is 23.9 Å². The summed E-state index contributed by atoms with van der Waals surface area (Å²) in [5.41, 5.74) is 12.9. The van der Waals surface area contributed by atoms with Crippen LogP contribution in [0.3, 0.4) is 0 Å². The van der Waals surface area contributed by atoms with E-state index in [4.69, 9.17) is 16.2 Å². The number of ether oxygens (including phenoxy) is 1. The molecule has 17 heavy (non-hydrogen) atoms. The molecule has 2 aromatic rings. The monoisotopic (exact) mass is 230 g/mol. The molecule has 0 amide bonds. The average molecular weight is 230 g/mol. The average Bonchev–Trinajstić information content (AvgIpc) is 2.32. The highest BCUT2D eigenvalue weighted by molar-refractivity contribution is 5.62. The molecule has 0 fully saturated rings. The van der Waals surface area contributed by atoms with E-state index in [0.29, 0.717) is 17.4 Å². The van der Waals surface area contributed by atoms with Gasteiger partial charge in [-0.2, -0.15) is 0 Å². The molecule has 1 aromatic carbocycles. The molecule has 2 rings (SSSR count). The highest BCUT2D eigenvalue weighted by Crippen LogP contribution is 2.23. The molecule has 5 heteroatoms. The van der Waals surface area contributed by atoms with E-state index in [1.165, 1.54) is 0 Å². The Hall–Kier alpha value is -2.43. The summed E-state index contributed by atoms with van der Waals surface area (Å²) >= 11 is 0. The van der Waals surface area contributed by atoms with Crippen molar-refractivity contribution < 1.29 is 4.74 Å². The van der Waals surface area contributed by atoms with Crippen LogP contribution in [-0.2, 0) is 0 Å². The minimum Gasteiger partial charge on any atom is -0.493 e. The number of benzene rings is 1. The van der Waals surface area contributed by atoms with E-state index < -0.39 is 0 Å². The molecule has 5 N–H and O–H groups in total. The van der Waals surface area contributed by atoms with Gasteiger partial charge in [-0.1, -0.05) is 0 Å². The molecule has 0 bridgehead atoms. The molecule has 5 nitrogen and oxygen atoms in total. The maximum atomic E-state index is 5.71. The molecular weight excluding hydrogens is 216 g/mol. The second-order valence-electron chi connectivity index (χ2n) is 3.53. The van der Waals surface area contributed by atoms with Gasteiger partial charge in [0, 0.05) is 11.4 Å². The fourth-order valence-corrected chi connectivity index (χ4v) is 1.42. The lowest BCUT2D eigenvalue weighted by atomic mass is 10.3. The Balaban J connectivity index is 2.19. The van der Waals surface area contributed by atoms with Gasteiger partial charge in [-0.25, -0.2) is 4.98 Å². The van der Waals surface area contributed by atoms with Gasteiger partial charge in [0.15, 0.2) is 11.6 Å². The molecule has 1 aromatic heterocycles. The van der Waals surface area contributed by atoms with Crippen molar-refractivity contribution in [2.24, 2.45) is 0 Å². The predicted molar refractivity (Wildman–Crippen MR) is 69.3 cm³/mol. The van der Waals surface area contributed by atoms with Gasteiger partial charge in [0.1, 0.15) is 5.82 Å². The van der Waals surface area contributed by atoms with E-state index in [0.717, 1.165) is 11.4 Å². The molecule has 0 atom stereocenters. The van der Waals surface area contributed by atoms with Gasteiger partial charge < -0.3 is 21.5 Å². The number of nitrogens with one attached hydrogen (secondary N) is 1. The van der Waals surface area contributed by atoms with Gasteiger partial charge in [0.25, 0.3) is 0 Å². The first-order valence-corrected chi connectivity index (χ1v) is 5.12. The highest BCUT2D eigenvalue weighted by atomic mass is 16.5. The highest BCUT2D eigenvalue weighted by Gasteiger charge is 2.02. The molecule has 1 heterocycles. The smallest absolute Gasteiger partial charge is 0.168 e. The number of nitrogen functional groups attached to an aromatic ring is 2. The molecule has 0 saturated carbocycles. The predicted octanol–water partition coefficient (Wildman–Crippen LogP) is 2.00. The van der Waals surface area contributed by atoms with Gasteiger partial charge in [0.2, 0.25) is 0 Å². The van der Waals surface area contributed by atoms with Crippen LogP contribution in [0.25, 0.3) is 0 Å². The van der Waals surface area contributed by atoms with Crippen LogP contribution < -0.4 is 21.5 Å². The van der Waals surface area contributed by atoms with Crippen molar-refractivity contribution >= 4 is 23.0 Å². The number of pyridine rings is 1. The number of anilines is 4. The number of nitrogens with zero attached hydrogens (tertiary/aromatic N) is 1. The third kappa shape index (κ3) is 2.57. The summed E-state index contributed by atoms with van der Waals surface area (Å²) in [6.45, 7) is 0. The normalized spacial score (nSPS) is 9.94. The number of hydrogen-bond donors (Lipinski definition) is 3. The second kappa shape index (κ2) is 4.61. The lowest BCUT2D eigenvalue weighted by Crippen LogP contribution is -1.99. The first kappa shape index (κ1) is 11.1. The zero-order chi connectivity index (χ0) is 12.3. The van der Waals surface area contributed by atoms with E-state index >= 15 is 0 Å². The lowest BCUT2D eigenvalue weighted by Gasteiger charge is -2.08. The topological polar surface area (TPSA) is 86.2 Å². The van der Waals surface area contributed by atoms with Crippen LogP contribution >= 0.6 is 0 Å². The fraction of sp³-hybridized carbons (Fsp3) is 0.0833. The van der Waals surface area contributed by atoms with Gasteiger partial charge in [0.05, 0.1) is 7.11 Å². The van der Waals surface area contributed by atoms with Gasteiger partial charge >= 0.3 is 0 Å². The van der Waals surface area contributed by atoms with Crippen molar-refractivity contribution in [1.29, 1.82) is 0 Å². The maximum absolute atomic E-state index is 5.71. The van der Waals surface area contributed by atoms with Gasteiger partial charge in [-0.15, -0.1) is 0 Å². The van der Waals surface area contributed by atoms with Crippen LogP contribution in [-0.4, -0.2) is 12.1 Å². The Bertz CT molecular complexity index is 510. The van der Waals surface area contributed by atoms with Gasteiger partial charge in [-0.05, 0) is 36.4 Å². The molecule has 0 radical (unpaired) electrons. The minimum absolute atomic E-state index is 0.355. The Morgan fingerprint density at radius 2 is 1.76 bits per heavy atom. The van der Waals surface area contributed by atoms with Crippen molar-refractivity contribution in [3.8, 4) is 5.75 Å². The fourth-order valence-electron chi connectivity index (χ4n) is 1.42. The SMILES string of the molecule is COc1ccc(Nc2ccc(N)cc2)nc1N. The Morgan fingerprint density at radius 1 is 1.06 bits per heavy atom. The van der Waals surface area contributed by atoms with Crippen LogP contribution in [0.15, 0.2) is 36.4 Å². The van der Waals surface area contributed by atoms with Crippen LogP contribution in [0.2, 0.25) is 0 Å². The zero-order valence-corrected chi connectivity index (χ0v) is 9.47. The van der Waals surface area contributed by atoms with E-state index in [1.807, 2.05) is 24.3 Å². The Kier molecular flexibility index (Phi) is 3.00. The number of methoxy groups -OCH3 is 1. The number of nitrogens with two attached hydrogens (primary N) is 2. The number of hydrogen-bond acceptors (Lipinski definition) is 5.